The third kappa shape index (κ3) is 5.21. The van der Waals surface area contributed by atoms with E-state index in [0.29, 0.717) is 5.56 Å². The third-order valence-electron chi connectivity index (χ3n) is 3.64. The Morgan fingerprint density at radius 1 is 1.00 bits per heavy atom. The van der Waals surface area contributed by atoms with Gasteiger partial charge in [-0.1, -0.05) is 18.2 Å². The second-order valence-corrected chi connectivity index (χ2v) is 5.40. The van der Waals surface area contributed by atoms with Crippen LogP contribution >= 0.6 is 0 Å². The number of methoxy groups -OCH3 is 2. The molecule has 0 spiro atoms. The largest absolute Gasteiger partial charge is 0.504 e. The quantitative estimate of drug-likeness (QED) is 0.710. The van der Waals surface area contributed by atoms with E-state index in [-0.39, 0.29) is 23.6 Å². The molecular formula is C19H19NO7. The van der Waals surface area contributed by atoms with Gasteiger partial charge >= 0.3 is 11.9 Å². The van der Waals surface area contributed by atoms with Crippen molar-refractivity contribution < 1.29 is 33.7 Å². The zero-order chi connectivity index (χ0) is 19.8. The molecule has 142 valence electrons. The molecule has 27 heavy (non-hydrogen) atoms. The number of ether oxygens (including phenoxy) is 3. The number of rotatable bonds is 7. The first-order valence-electron chi connectivity index (χ1n) is 7.93. The van der Waals surface area contributed by atoms with Crippen molar-refractivity contribution in [1.29, 1.82) is 0 Å². The van der Waals surface area contributed by atoms with Crippen LogP contribution < -0.4 is 10.1 Å². The normalized spacial score (nSPS) is 10.0. The van der Waals surface area contributed by atoms with Crippen LogP contribution in [0.15, 0.2) is 42.5 Å². The fourth-order valence-corrected chi connectivity index (χ4v) is 2.19. The van der Waals surface area contributed by atoms with Gasteiger partial charge < -0.3 is 24.6 Å². The molecule has 0 aliphatic rings. The molecule has 2 N–H and O–H groups in total. The van der Waals surface area contributed by atoms with Crippen molar-refractivity contribution in [1.82, 2.24) is 5.32 Å². The maximum Gasteiger partial charge on any atom is 0.342 e. The number of benzene rings is 2. The van der Waals surface area contributed by atoms with Crippen molar-refractivity contribution in [3.05, 3.63) is 59.2 Å². The second-order valence-electron chi connectivity index (χ2n) is 5.40. The SMILES string of the molecule is COC(=O)c1ccc(CNC(=O)COC(=O)c2cccc(OC)c2O)cc1. The lowest BCUT2D eigenvalue weighted by Gasteiger charge is -2.09. The van der Waals surface area contributed by atoms with E-state index >= 15 is 0 Å². The summed E-state index contributed by atoms with van der Waals surface area (Å²) in [5.41, 5.74) is 1.06. The molecule has 2 aromatic rings. The molecule has 0 aromatic heterocycles. The number of hydrogen-bond donors (Lipinski definition) is 2. The second kappa shape index (κ2) is 9.23. The fraction of sp³-hybridized carbons (Fsp3) is 0.211. The first-order chi connectivity index (χ1) is 13.0. The summed E-state index contributed by atoms with van der Waals surface area (Å²) in [6, 6.07) is 10.9. The Morgan fingerprint density at radius 2 is 1.70 bits per heavy atom. The van der Waals surface area contributed by atoms with Crippen LogP contribution in [0.3, 0.4) is 0 Å². The van der Waals surface area contributed by atoms with Gasteiger partial charge in [0.1, 0.15) is 5.56 Å². The summed E-state index contributed by atoms with van der Waals surface area (Å²) < 4.78 is 14.4. The lowest BCUT2D eigenvalue weighted by Crippen LogP contribution is -2.28. The Balaban J connectivity index is 1.84. The number of nitrogens with one attached hydrogen (secondary N) is 1. The third-order valence-corrected chi connectivity index (χ3v) is 3.64. The lowest BCUT2D eigenvalue weighted by molar-refractivity contribution is -0.124. The van der Waals surface area contributed by atoms with Crippen LogP contribution in [-0.4, -0.2) is 43.8 Å². The Kier molecular flexibility index (Phi) is 6.76. The zero-order valence-corrected chi connectivity index (χ0v) is 14.9. The van der Waals surface area contributed by atoms with Crippen LogP contribution in [0.4, 0.5) is 0 Å². The van der Waals surface area contributed by atoms with Crippen LogP contribution in [0.5, 0.6) is 11.5 Å². The molecule has 0 radical (unpaired) electrons. The number of phenols is 1. The predicted octanol–water partition coefficient (Wildman–Crippen LogP) is 1.66. The molecule has 0 saturated heterocycles. The van der Waals surface area contributed by atoms with E-state index in [0.717, 1.165) is 5.56 Å². The predicted molar refractivity (Wildman–Crippen MR) is 94.6 cm³/mol. The molecule has 8 heteroatoms. The van der Waals surface area contributed by atoms with E-state index in [1.54, 1.807) is 24.3 Å². The molecule has 0 bridgehead atoms. The zero-order valence-electron chi connectivity index (χ0n) is 14.9. The average molecular weight is 373 g/mol. The van der Waals surface area contributed by atoms with E-state index in [9.17, 15) is 19.5 Å². The number of para-hydroxylation sites is 1. The minimum absolute atomic E-state index is 0.0967. The van der Waals surface area contributed by atoms with Crippen molar-refractivity contribution in [2.45, 2.75) is 6.54 Å². The summed E-state index contributed by atoms with van der Waals surface area (Å²) in [6.07, 6.45) is 0. The molecule has 0 fully saturated rings. The Morgan fingerprint density at radius 3 is 2.33 bits per heavy atom. The molecule has 0 atom stereocenters. The molecular weight excluding hydrogens is 354 g/mol. The smallest absolute Gasteiger partial charge is 0.342 e. The first-order valence-corrected chi connectivity index (χ1v) is 7.93. The van der Waals surface area contributed by atoms with Gasteiger partial charge in [0, 0.05) is 6.54 Å². The van der Waals surface area contributed by atoms with E-state index in [4.69, 9.17) is 9.47 Å². The number of aromatic hydroxyl groups is 1. The molecule has 0 aliphatic carbocycles. The van der Waals surface area contributed by atoms with Gasteiger partial charge in [-0.25, -0.2) is 9.59 Å². The minimum Gasteiger partial charge on any atom is -0.504 e. The van der Waals surface area contributed by atoms with E-state index in [1.165, 1.54) is 32.4 Å². The Bertz CT molecular complexity index is 830. The first kappa shape index (κ1) is 19.8. The van der Waals surface area contributed by atoms with Gasteiger partial charge in [0.15, 0.2) is 18.1 Å². The van der Waals surface area contributed by atoms with Crippen molar-refractivity contribution >= 4 is 17.8 Å². The van der Waals surface area contributed by atoms with Crippen LogP contribution in [-0.2, 0) is 20.8 Å². The number of esters is 2. The highest BCUT2D eigenvalue weighted by Crippen LogP contribution is 2.29. The molecule has 2 aromatic carbocycles. The van der Waals surface area contributed by atoms with Gasteiger partial charge in [-0.2, -0.15) is 0 Å². The fourth-order valence-electron chi connectivity index (χ4n) is 2.19. The van der Waals surface area contributed by atoms with E-state index in [2.05, 4.69) is 10.1 Å². The van der Waals surface area contributed by atoms with Crippen LogP contribution in [0.2, 0.25) is 0 Å². The highest BCUT2D eigenvalue weighted by atomic mass is 16.5. The summed E-state index contributed by atoms with van der Waals surface area (Å²) in [4.78, 5) is 35.2. The Hall–Kier alpha value is -3.55. The number of amides is 1. The molecule has 0 heterocycles. The van der Waals surface area contributed by atoms with Crippen LogP contribution in [0, 0.1) is 0 Å². The summed E-state index contributed by atoms with van der Waals surface area (Å²) in [6.45, 7) is -0.308. The molecule has 1 amide bonds. The lowest BCUT2D eigenvalue weighted by atomic mass is 10.1. The van der Waals surface area contributed by atoms with Crippen molar-refractivity contribution in [2.75, 3.05) is 20.8 Å². The van der Waals surface area contributed by atoms with Crippen molar-refractivity contribution in [2.24, 2.45) is 0 Å². The molecule has 0 unspecified atom stereocenters. The average Bonchev–Trinajstić information content (AvgIpc) is 2.70. The van der Waals surface area contributed by atoms with Crippen molar-refractivity contribution in [3.8, 4) is 11.5 Å². The maximum absolute atomic E-state index is 12.0. The number of hydrogen-bond acceptors (Lipinski definition) is 7. The highest BCUT2D eigenvalue weighted by Gasteiger charge is 2.17. The minimum atomic E-state index is -0.844. The topological polar surface area (TPSA) is 111 Å². The van der Waals surface area contributed by atoms with Gasteiger partial charge in [-0.15, -0.1) is 0 Å². The summed E-state index contributed by atoms with van der Waals surface area (Å²) in [7, 11) is 2.65. The van der Waals surface area contributed by atoms with Gasteiger partial charge in [0.05, 0.1) is 19.8 Å². The summed E-state index contributed by atoms with van der Waals surface area (Å²) in [5.74, 6) is -2.02. The number of phenolic OH excluding ortho intramolecular Hbond substituents is 1. The standard InChI is InChI=1S/C19H19NO7/c1-25-15-5-3-4-14(17(15)22)19(24)27-11-16(21)20-10-12-6-8-13(9-7-12)18(23)26-2/h3-9,22H,10-11H2,1-2H3,(H,20,21). The number of carbonyl (C=O) groups is 3. The molecule has 0 saturated carbocycles. The molecule has 8 nitrogen and oxygen atoms in total. The molecule has 2 rings (SSSR count). The Labute approximate surface area is 155 Å². The summed E-state index contributed by atoms with van der Waals surface area (Å²) in [5, 5.41) is 12.5. The van der Waals surface area contributed by atoms with Gasteiger partial charge in [0.2, 0.25) is 0 Å². The summed E-state index contributed by atoms with van der Waals surface area (Å²) >= 11 is 0. The van der Waals surface area contributed by atoms with Gasteiger partial charge in [-0.3, -0.25) is 4.79 Å². The maximum atomic E-state index is 12.0. The monoisotopic (exact) mass is 373 g/mol. The van der Waals surface area contributed by atoms with Gasteiger partial charge in [-0.05, 0) is 29.8 Å². The molecule has 0 aliphatic heterocycles. The van der Waals surface area contributed by atoms with E-state index < -0.39 is 24.5 Å². The van der Waals surface area contributed by atoms with E-state index in [1.807, 2.05) is 0 Å². The van der Waals surface area contributed by atoms with Gasteiger partial charge in [0.25, 0.3) is 5.91 Å². The number of carbonyl (C=O) groups excluding carboxylic acids is 3. The van der Waals surface area contributed by atoms with Crippen molar-refractivity contribution in [3.63, 3.8) is 0 Å². The highest BCUT2D eigenvalue weighted by molar-refractivity contribution is 5.94. The van der Waals surface area contributed by atoms with Crippen LogP contribution in [0.1, 0.15) is 26.3 Å². The van der Waals surface area contributed by atoms with Crippen LogP contribution in [0.25, 0.3) is 0 Å².